The topological polar surface area (TPSA) is 35.5 Å². The Morgan fingerprint density at radius 2 is 2.12 bits per heavy atom. The van der Waals surface area contributed by atoms with Crippen molar-refractivity contribution in [1.29, 1.82) is 0 Å². The van der Waals surface area contributed by atoms with Crippen molar-refractivity contribution in [2.24, 2.45) is 0 Å². The number of hydrogen-bond donors (Lipinski definition) is 0. The second-order valence-corrected chi connectivity index (χ2v) is 3.71. The van der Waals surface area contributed by atoms with Gasteiger partial charge in [-0.3, -0.25) is 4.79 Å². The van der Waals surface area contributed by atoms with E-state index in [9.17, 15) is 4.79 Å². The fourth-order valence-electron chi connectivity index (χ4n) is 1.40. The fourth-order valence-corrected chi connectivity index (χ4v) is 1.40. The lowest BCUT2D eigenvalue weighted by Gasteiger charge is -2.12. The molecule has 0 bridgehead atoms. The maximum atomic E-state index is 10.8. The van der Waals surface area contributed by atoms with Gasteiger partial charge < -0.3 is 9.47 Å². The van der Waals surface area contributed by atoms with Crippen molar-refractivity contribution in [2.75, 3.05) is 6.61 Å². The van der Waals surface area contributed by atoms with E-state index in [1.165, 1.54) is 6.92 Å². The molecular weight excluding hydrogens is 216 g/mol. The average molecular weight is 234 g/mol. The van der Waals surface area contributed by atoms with E-state index in [1.54, 1.807) is 6.08 Å². The van der Waals surface area contributed by atoms with Gasteiger partial charge in [-0.05, 0) is 5.56 Å². The fraction of sp³-hybridized carbons (Fsp3) is 0.357. The van der Waals surface area contributed by atoms with E-state index in [2.05, 4.69) is 6.58 Å². The van der Waals surface area contributed by atoms with E-state index >= 15 is 0 Å². The Hall–Kier alpha value is -1.61. The maximum absolute atomic E-state index is 10.8. The predicted octanol–water partition coefficient (Wildman–Crippen LogP) is 2.71. The molecule has 17 heavy (non-hydrogen) atoms. The first-order valence-corrected chi connectivity index (χ1v) is 5.64. The molecule has 0 radical (unpaired) electrons. The number of hydrogen-bond acceptors (Lipinski definition) is 3. The number of carbonyl (C=O) groups is 1. The Bertz CT molecular complexity index is 346. The van der Waals surface area contributed by atoms with Crippen molar-refractivity contribution in [1.82, 2.24) is 0 Å². The Morgan fingerprint density at radius 1 is 1.41 bits per heavy atom. The molecule has 1 aromatic carbocycles. The minimum absolute atomic E-state index is 0.261. The summed E-state index contributed by atoms with van der Waals surface area (Å²) in [4.78, 5) is 10.8. The molecule has 1 atom stereocenters. The van der Waals surface area contributed by atoms with Gasteiger partial charge in [0, 0.05) is 13.3 Å². The van der Waals surface area contributed by atoms with Crippen LogP contribution in [-0.2, 0) is 20.9 Å². The second kappa shape index (κ2) is 7.63. The number of ether oxygens (including phenoxy) is 2. The van der Waals surface area contributed by atoms with Gasteiger partial charge in [0.1, 0.15) is 6.10 Å². The maximum Gasteiger partial charge on any atom is 0.303 e. The molecule has 3 heteroatoms. The number of esters is 1. The van der Waals surface area contributed by atoms with Gasteiger partial charge in [0.2, 0.25) is 0 Å². The molecule has 1 aromatic rings. The van der Waals surface area contributed by atoms with Crippen LogP contribution >= 0.6 is 0 Å². The van der Waals surface area contributed by atoms with Crippen molar-refractivity contribution in [3.63, 3.8) is 0 Å². The first-order chi connectivity index (χ1) is 8.22. The van der Waals surface area contributed by atoms with Crippen LogP contribution in [0.1, 0.15) is 18.9 Å². The molecule has 0 saturated heterocycles. The molecule has 0 fully saturated rings. The highest BCUT2D eigenvalue weighted by atomic mass is 16.5. The molecule has 0 N–H and O–H groups in total. The summed E-state index contributed by atoms with van der Waals surface area (Å²) in [6.07, 6.45) is 1.99. The Labute approximate surface area is 102 Å². The van der Waals surface area contributed by atoms with Crippen molar-refractivity contribution < 1.29 is 14.3 Å². The minimum Gasteiger partial charge on any atom is -0.458 e. The van der Waals surface area contributed by atoms with Crippen LogP contribution in [0.15, 0.2) is 43.0 Å². The van der Waals surface area contributed by atoms with Crippen LogP contribution in [0, 0.1) is 0 Å². The summed E-state index contributed by atoms with van der Waals surface area (Å²) < 4.78 is 10.5. The van der Waals surface area contributed by atoms with Gasteiger partial charge in [-0.1, -0.05) is 43.0 Å². The summed E-state index contributed by atoms with van der Waals surface area (Å²) in [6, 6.07) is 9.94. The normalized spacial score (nSPS) is 11.8. The molecule has 0 saturated carbocycles. The van der Waals surface area contributed by atoms with Gasteiger partial charge >= 0.3 is 5.97 Å². The third-order valence-corrected chi connectivity index (χ3v) is 2.24. The number of carbonyl (C=O) groups excluding carboxylic acids is 1. The zero-order valence-corrected chi connectivity index (χ0v) is 10.1. The Morgan fingerprint density at radius 3 is 2.71 bits per heavy atom. The van der Waals surface area contributed by atoms with E-state index in [0.717, 1.165) is 5.56 Å². The van der Waals surface area contributed by atoms with Crippen molar-refractivity contribution in [3.8, 4) is 0 Å². The molecule has 0 heterocycles. The molecule has 0 spiro atoms. The smallest absolute Gasteiger partial charge is 0.303 e. The van der Waals surface area contributed by atoms with E-state index in [1.807, 2.05) is 30.3 Å². The van der Waals surface area contributed by atoms with Crippen LogP contribution in [0.3, 0.4) is 0 Å². The lowest BCUT2D eigenvalue weighted by atomic mass is 10.2. The summed E-state index contributed by atoms with van der Waals surface area (Å²) in [7, 11) is 0. The standard InChI is InChI=1S/C14H18O3/c1-3-14(17-12(2)15)9-10-16-11-13-7-5-4-6-8-13/h3-8,14H,1,9-11H2,2H3/t14-/m1/s1. The van der Waals surface area contributed by atoms with Gasteiger partial charge in [0.25, 0.3) is 0 Å². The average Bonchev–Trinajstić information content (AvgIpc) is 2.34. The lowest BCUT2D eigenvalue weighted by Crippen LogP contribution is -2.15. The first kappa shape index (κ1) is 13.5. The summed E-state index contributed by atoms with van der Waals surface area (Å²) in [5.74, 6) is -0.294. The van der Waals surface area contributed by atoms with Gasteiger partial charge in [-0.2, -0.15) is 0 Å². The molecule has 0 aliphatic heterocycles. The second-order valence-electron chi connectivity index (χ2n) is 3.71. The highest BCUT2D eigenvalue weighted by Gasteiger charge is 2.06. The molecule has 1 rings (SSSR count). The van der Waals surface area contributed by atoms with E-state index in [-0.39, 0.29) is 12.1 Å². The van der Waals surface area contributed by atoms with E-state index in [4.69, 9.17) is 9.47 Å². The summed E-state index contributed by atoms with van der Waals surface area (Å²) in [6.45, 7) is 6.12. The summed E-state index contributed by atoms with van der Waals surface area (Å²) in [5, 5.41) is 0. The van der Waals surface area contributed by atoms with Crippen LogP contribution in [0.4, 0.5) is 0 Å². The molecule has 3 nitrogen and oxygen atoms in total. The zero-order valence-electron chi connectivity index (χ0n) is 10.1. The Balaban J connectivity index is 2.19. The van der Waals surface area contributed by atoms with Crippen molar-refractivity contribution in [2.45, 2.75) is 26.1 Å². The highest BCUT2D eigenvalue weighted by molar-refractivity contribution is 5.66. The predicted molar refractivity (Wildman–Crippen MR) is 66.5 cm³/mol. The van der Waals surface area contributed by atoms with Crippen LogP contribution in [-0.4, -0.2) is 18.7 Å². The molecular formula is C14H18O3. The number of rotatable bonds is 7. The molecule has 92 valence electrons. The molecule has 0 aromatic heterocycles. The largest absolute Gasteiger partial charge is 0.458 e. The summed E-state index contributed by atoms with van der Waals surface area (Å²) in [5.41, 5.74) is 1.13. The summed E-state index contributed by atoms with van der Waals surface area (Å²) >= 11 is 0. The SMILES string of the molecule is C=C[C@H](CCOCc1ccccc1)OC(C)=O. The van der Waals surface area contributed by atoms with Gasteiger partial charge in [-0.25, -0.2) is 0 Å². The van der Waals surface area contributed by atoms with Gasteiger partial charge in [0.15, 0.2) is 0 Å². The quantitative estimate of drug-likeness (QED) is 0.413. The van der Waals surface area contributed by atoms with Crippen LogP contribution < -0.4 is 0 Å². The lowest BCUT2D eigenvalue weighted by molar-refractivity contribution is -0.144. The minimum atomic E-state index is -0.294. The van der Waals surface area contributed by atoms with Crippen LogP contribution in [0.25, 0.3) is 0 Å². The van der Waals surface area contributed by atoms with Crippen molar-refractivity contribution in [3.05, 3.63) is 48.6 Å². The molecule has 0 amide bonds. The Kier molecular flexibility index (Phi) is 6.04. The van der Waals surface area contributed by atoms with E-state index in [0.29, 0.717) is 19.6 Å². The number of benzene rings is 1. The van der Waals surface area contributed by atoms with Crippen LogP contribution in [0.2, 0.25) is 0 Å². The van der Waals surface area contributed by atoms with Crippen LogP contribution in [0.5, 0.6) is 0 Å². The van der Waals surface area contributed by atoms with Gasteiger partial charge in [-0.15, -0.1) is 0 Å². The highest BCUT2D eigenvalue weighted by Crippen LogP contribution is 2.04. The third-order valence-electron chi connectivity index (χ3n) is 2.24. The molecule has 0 aliphatic rings. The monoisotopic (exact) mass is 234 g/mol. The third kappa shape index (κ3) is 5.88. The zero-order chi connectivity index (χ0) is 12.5. The first-order valence-electron chi connectivity index (χ1n) is 5.64. The van der Waals surface area contributed by atoms with Gasteiger partial charge in [0.05, 0.1) is 13.2 Å². The van der Waals surface area contributed by atoms with Crippen molar-refractivity contribution >= 4 is 5.97 Å². The molecule has 0 unspecified atom stereocenters. The molecule has 0 aliphatic carbocycles. The van der Waals surface area contributed by atoms with E-state index < -0.39 is 0 Å².